The summed E-state index contributed by atoms with van der Waals surface area (Å²) in [5.41, 5.74) is 2.53. The maximum atomic E-state index is 12.7. The molecule has 0 spiro atoms. The largest absolute Gasteiger partial charge is 0.508 e. The van der Waals surface area contributed by atoms with Gasteiger partial charge in [0.05, 0.1) is 11.6 Å². The van der Waals surface area contributed by atoms with Gasteiger partial charge in [0, 0.05) is 12.2 Å². The highest BCUT2D eigenvalue weighted by molar-refractivity contribution is 5.98. The van der Waals surface area contributed by atoms with Gasteiger partial charge in [0.15, 0.2) is 0 Å². The van der Waals surface area contributed by atoms with E-state index in [2.05, 4.69) is 16.0 Å². The third-order valence-electron chi connectivity index (χ3n) is 4.01. The lowest BCUT2D eigenvalue weighted by molar-refractivity contribution is -0.118. The zero-order valence-electron chi connectivity index (χ0n) is 13.7. The summed E-state index contributed by atoms with van der Waals surface area (Å²) in [6.07, 6.45) is 0. The molecule has 3 amide bonds. The summed E-state index contributed by atoms with van der Waals surface area (Å²) in [7, 11) is 0. The summed E-state index contributed by atoms with van der Waals surface area (Å²) < 4.78 is 0. The molecule has 0 unspecified atom stereocenters. The average Bonchev–Trinajstić information content (AvgIpc) is 2.60. The zero-order valence-corrected chi connectivity index (χ0v) is 13.7. The highest BCUT2D eigenvalue weighted by Crippen LogP contribution is 2.28. The van der Waals surface area contributed by atoms with Crippen molar-refractivity contribution in [1.29, 1.82) is 0 Å². The molecule has 128 valence electrons. The molecule has 1 atom stereocenters. The number of hydrogen-bond donors (Lipinski definition) is 4. The van der Waals surface area contributed by atoms with Crippen molar-refractivity contribution in [3.8, 4) is 5.75 Å². The van der Waals surface area contributed by atoms with Crippen molar-refractivity contribution >= 4 is 11.9 Å². The number of allylic oxidation sites excluding steroid dienone is 1. The molecule has 0 bridgehead atoms. The first-order chi connectivity index (χ1) is 12.0. The van der Waals surface area contributed by atoms with Crippen molar-refractivity contribution in [2.75, 3.05) is 0 Å². The van der Waals surface area contributed by atoms with Crippen LogP contribution in [0.3, 0.4) is 0 Å². The minimum Gasteiger partial charge on any atom is -0.508 e. The molecule has 0 saturated carbocycles. The van der Waals surface area contributed by atoms with Crippen LogP contribution in [0.2, 0.25) is 0 Å². The van der Waals surface area contributed by atoms with Gasteiger partial charge in [-0.3, -0.25) is 4.79 Å². The van der Waals surface area contributed by atoms with Crippen LogP contribution < -0.4 is 16.0 Å². The summed E-state index contributed by atoms with van der Waals surface area (Å²) in [6.45, 7) is 2.07. The van der Waals surface area contributed by atoms with Crippen LogP contribution in [0, 0.1) is 0 Å². The fraction of sp³-hybridized carbons (Fsp3) is 0.158. The molecule has 4 N–H and O–H groups in total. The van der Waals surface area contributed by atoms with Crippen molar-refractivity contribution < 1.29 is 14.7 Å². The van der Waals surface area contributed by atoms with Gasteiger partial charge < -0.3 is 21.1 Å². The highest BCUT2D eigenvalue weighted by Gasteiger charge is 2.31. The highest BCUT2D eigenvalue weighted by atomic mass is 16.3. The van der Waals surface area contributed by atoms with E-state index in [0.29, 0.717) is 23.4 Å². The maximum Gasteiger partial charge on any atom is 0.319 e. The van der Waals surface area contributed by atoms with Crippen LogP contribution in [0.5, 0.6) is 5.75 Å². The molecular weight excluding hydrogens is 318 g/mol. The van der Waals surface area contributed by atoms with Crippen LogP contribution in [0.15, 0.2) is 65.9 Å². The third kappa shape index (κ3) is 3.80. The van der Waals surface area contributed by atoms with E-state index in [1.54, 1.807) is 19.1 Å². The lowest BCUT2D eigenvalue weighted by atomic mass is 9.94. The number of phenolic OH excluding ortho intramolecular Hbond substituents is 1. The monoisotopic (exact) mass is 337 g/mol. The number of phenols is 1. The molecule has 0 radical (unpaired) electrons. The quantitative estimate of drug-likeness (QED) is 0.690. The van der Waals surface area contributed by atoms with Gasteiger partial charge in [0.1, 0.15) is 5.75 Å². The molecule has 0 saturated heterocycles. The summed E-state index contributed by atoms with van der Waals surface area (Å²) in [5, 5.41) is 18.0. The Hall–Kier alpha value is -3.28. The SMILES string of the molecule is CC1=C(C(=O)NCc2ccccc2)[C@@H](c2cccc(O)c2)NC(=O)N1. The second-order valence-corrected chi connectivity index (χ2v) is 5.83. The molecule has 2 aromatic carbocycles. The van der Waals surface area contributed by atoms with Crippen LogP contribution >= 0.6 is 0 Å². The first kappa shape index (κ1) is 16.6. The first-order valence-corrected chi connectivity index (χ1v) is 7.94. The number of nitrogens with one attached hydrogen (secondary N) is 3. The van der Waals surface area contributed by atoms with E-state index >= 15 is 0 Å². The number of hydrogen-bond acceptors (Lipinski definition) is 3. The number of aromatic hydroxyl groups is 1. The minimum atomic E-state index is -0.628. The number of benzene rings is 2. The van der Waals surface area contributed by atoms with Gasteiger partial charge in [0.2, 0.25) is 0 Å². The van der Waals surface area contributed by atoms with E-state index in [4.69, 9.17) is 0 Å². The van der Waals surface area contributed by atoms with Crippen LogP contribution in [-0.4, -0.2) is 17.0 Å². The summed E-state index contributed by atoms with van der Waals surface area (Å²) >= 11 is 0. The van der Waals surface area contributed by atoms with Crippen LogP contribution in [-0.2, 0) is 11.3 Å². The van der Waals surface area contributed by atoms with Gasteiger partial charge in [-0.2, -0.15) is 0 Å². The maximum absolute atomic E-state index is 12.7. The van der Waals surface area contributed by atoms with Gasteiger partial charge in [-0.1, -0.05) is 42.5 Å². The molecule has 6 nitrogen and oxygen atoms in total. The van der Waals surface area contributed by atoms with Gasteiger partial charge in [-0.25, -0.2) is 4.79 Å². The first-order valence-electron chi connectivity index (χ1n) is 7.94. The van der Waals surface area contributed by atoms with Gasteiger partial charge in [-0.15, -0.1) is 0 Å². The van der Waals surface area contributed by atoms with Gasteiger partial charge in [0.25, 0.3) is 5.91 Å². The standard InChI is InChI=1S/C19H19N3O3/c1-12-16(18(24)20-11-13-6-3-2-4-7-13)17(22-19(25)21-12)14-8-5-9-15(23)10-14/h2-10,17,23H,11H2,1H3,(H,20,24)(H2,21,22,25)/t17-/m1/s1. The normalized spacial score (nSPS) is 16.8. The Kier molecular flexibility index (Phi) is 4.70. The van der Waals surface area contributed by atoms with Crippen LogP contribution in [0.25, 0.3) is 0 Å². The molecule has 1 aliphatic rings. The zero-order chi connectivity index (χ0) is 17.8. The van der Waals surface area contributed by atoms with Gasteiger partial charge in [-0.05, 0) is 30.2 Å². The summed E-state index contributed by atoms with van der Waals surface area (Å²) in [5.74, 6) is -0.200. The lowest BCUT2D eigenvalue weighted by Gasteiger charge is -2.28. The molecule has 0 aliphatic carbocycles. The lowest BCUT2D eigenvalue weighted by Crippen LogP contribution is -2.46. The minimum absolute atomic E-state index is 0.0759. The number of carbonyl (C=O) groups excluding carboxylic acids is 2. The molecule has 3 rings (SSSR count). The molecule has 1 heterocycles. The Morgan fingerprint density at radius 3 is 2.64 bits per heavy atom. The Labute approximate surface area is 145 Å². The van der Waals surface area contributed by atoms with Gasteiger partial charge >= 0.3 is 6.03 Å². The Bertz CT molecular complexity index is 831. The van der Waals surface area contributed by atoms with E-state index in [0.717, 1.165) is 5.56 Å². The van der Waals surface area contributed by atoms with Crippen molar-refractivity contribution in [2.45, 2.75) is 19.5 Å². The fourth-order valence-corrected chi connectivity index (χ4v) is 2.82. The second kappa shape index (κ2) is 7.09. The predicted octanol–water partition coefficient (Wildman–Crippen LogP) is 2.34. The van der Waals surface area contributed by atoms with E-state index in [9.17, 15) is 14.7 Å². The summed E-state index contributed by atoms with van der Waals surface area (Å²) in [4.78, 5) is 24.6. The van der Waals surface area contributed by atoms with Crippen molar-refractivity contribution in [3.05, 3.63) is 77.0 Å². The summed E-state index contributed by atoms with van der Waals surface area (Å²) in [6, 6.07) is 15.1. The number of amides is 3. The van der Waals surface area contributed by atoms with E-state index < -0.39 is 6.04 Å². The Balaban J connectivity index is 1.85. The molecule has 0 aromatic heterocycles. The number of urea groups is 1. The fourth-order valence-electron chi connectivity index (χ4n) is 2.82. The van der Waals surface area contributed by atoms with Crippen molar-refractivity contribution in [3.63, 3.8) is 0 Å². The second-order valence-electron chi connectivity index (χ2n) is 5.83. The van der Waals surface area contributed by atoms with Crippen molar-refractivity contribution in [1.82, 2.24) is 16.0 Å². The number of rotatable bonds is 4. The molecule has 6 heteroatoms. The molecular formula is C19H19N3O3. The van der Waals surface area contributed by atoms with E-state index in [1.807, 2.05) is 30.3 Å². The van der Waals surface area contributed by atoms with Crippen LogP contribution in [0.1, 0.15) is 24.1 Å². The van der Waals surface area contributed by atoms with Crippen LogP contribution in [0.4, 0.5) is 4.79 Å². The molecule has 2 aromatic rings. The van der Waals surface area contributed by atoms with E-state index in [-0.39, 0.29) is 17.7 Å². The molecule has 0 fully saturated rings. The average molecular weight is 337 g/mol. The Morgan fingerprint density at radius 2 is 1.92 bits per heavy atom. The topological polar surface area (TPSA) is 90.5 Å². The predicted molar refractivity (Wildman–Crippen MR) is 93.5 cm³/mol. The number of carbonyl (C=O) groups is 2. The third-order valence-corrected chi connectivity index (χ3v) is 4.01. The molecule has 25 heavy (non-hydrogen) atoms. The smallest absolute Gasteiger partial charge is 0.319 e. The van der Waals surface area contributed by atoms with E-state index in [1.165, 1.54) is 12.1 Å². The Morgan fingerprint density at radius 1 is 1.16 bits per heavy atom. The molecule has 1 aliphatic heterocycles. The van der Waals surface area contributed by atoms with Crippen molar-refractivity contribution in [2.24, 2.45) is 0 Å².